The quantitative estimate of drug-likeness (QED) is 0.444. The average molecular weight is 476 g/mol. The van der Waals surface area contributed by atoms with Crippen molar-refractivity contribution in [3.8, 4) is 0 Å². The van der Waals surface area contributed by atoms with E-state index in [1.807, 2.05) is 18.2 Å². The minimum atomic E-state index is -0.190. The summed E-state index contributed by atoms with van der Waals surface area (Å²) in [7, 11) is 0. The Morgan fingerprint density at radius 1 is 0.967 bits per heavy atom. The van der Waals surface area contributed by atoms with Crippen LogP contribution in [0.25, 0.3) is 6.08 Å². The van der Waals surface area contributed by atoms with Crippen LogP contribution in [0.2, 0.25) is 0 Å². The summed E-state index contributed by atoms with van der Waals surface area (Å²) in [6.45, 7) is 1.58. The van der Waals surface area contributed by atoms with Crippen molar-refractivity contribution in [2.24, 2.45) is 17.8 Å². The Labute approximate surface area is 189 Å². The van der Waals surface area contributed by atoms with Crippen LogP contribution in [-0.2, 0) is 4.79 Å². The molecule has 0 unspecified atom stereocenters. The largest absolute Gasteiger partial charge is 0.342 e. The van der Waals surface area contributed by atoms with Crippen LogP contribution in [0.4, 0.5) is 4.39 Å². The van der Waals surface area contributed by atoms with Crippen LogP contribution in [0, 0.1) is 23.6 Å². The zero-order valence-corrected chi connectivity index (χ0v) is 19.6. The molecule has 2 aliphatic carbocycles. The van der Waals surface area contributed by atoms with Crippen molar-refractivity contribution in [2.75, 3.05) is 13.1 Å². The molecule has 4 rings (SSSR count). The van der Waals surface area contributed by atoms with E-state index in [4.69, 9.17) is 0 Å². The molecule has 1 heterocycles. The Morgan fingerprint density at radius 2 is 1.53 bits per heavy atom. The number of hydrogen-bond acceptors (Lipinski definition) is 1. The number of likely N-dealkylation sites (tertiary alicyclic amines) is 1. The lowest BCUT2D eigenvalue weighted by molar-refractivity contribution is -0.141. The van der Waals surface area contributed by atoms with E-state index in [0.29, 0.717) is 23.3 Å². The number of piperidine rings is 1. The monoisotopic (exact) mass is 475 g/mol. The van der Waals surface area contributed by atoms with Crippen molar-refractivity contribution in [2.45, 2.75) is 77.0 Å². The Balaban J connectivity index is 1.42. The van der Waals surface area contributed by atoms with Gasteiger partial charge in [-0.25, -0.2) is 4.39 Å². The van der Waals surface area contributed by atoms with E-state index in [9.17, 15) is 9.18 Å². The summed E-state index contributed by atoms with van der Waals surface area (Å²) in [5, 5.41) is 0. The highest BCUT2D eigenvalue weighted by Crippen LogP contribution is 2.41. The lowest BCUT2D eigenvalue weighted by Gasteiger charge is -2.40. The molecule has 0 bridgehead atoms. The lowest BCUT2D eigenvalue weighted by Crippen LogP contribution is -2.45. The molecule has 0 aromatic heterocycles. The summed E-state index contributed by atoms with van der Waals surface area (Å²) >= 11 is 3.32. The maximum Gasteiger partial charge on any atom is 0.226 e. The molecule has 0 N–H and O–H groups in total. The van der Waals surface area contributed by atoms with E-state index in [2.05, 4.69) is 20.8 Å². The molecule has 2 saturated carbocycles. The van der Waals surface area contributed by atoms with Gasteiger partial charge in [0.2, 0.25) is 5.91 Å². The first-order valence-corrected chi connectivity index (χ1v) is 12.8. The second-order valence-electron chi connectivity index (χ2n) is 9.62. The predicted molar refractivity (Wildman–Crippen MR) is 125 cm³/mol. The van der Waals surface area contributed by atoms with E-state index < -0.39 is 0 Å². The van der Waals surface area contributed by atoms with Crippen LogP contribution >= 0.6 is 15.9 Å². The van der Waals surface area contributed by atoms with E-state index in [1.54, 1.807) is 0 Å². The fourth-order valence-electron chi connectivity index (χ4n) is 5.98. The lowest BCUT2D eigenvalue weighted by atomic mass is 9.69. The fourth-order valence-corrected chi connectivity index (χ4v) is 6.32. The van der Waals surface area contributed by atoms with Gasteiger partial charge in [0.25, 0.3) is 0 Å². The molecule has 1 aromatic rings. The van der Waals surface area contributed by atoms with Gasteiger partial charge in [-0.2, -0.15) is 0 Å². The molecule has 30 heavy (non-hydrogen) atoms. The molecule has 4 heteroatoms. The van der Waals surface area contributed by atoms with Gasteiger partial charge in [0.05, 0.1) is 0 Å². The standard InChI is InChI=1S/C26H35BrFNO/c27-23-12-11-22(24(28)18-23)17-19-13-15-29(16-14-19)26(30)25(20-7-3-1-4-8-20)21-9-5-2-6-10-21/h11-12,17-18,20-21,25H,1-10,13-16H2. The SMILES string of the molecule is O=C(C(C1CCCCC1)C1CCCCC1)N1CCC(=Cc2ccc(Br)cc2F)CC1. The minimum Gasteiger partial charge on any atom is -0.342 e. The highest BCUT2D eigenvalue weighted by Gasteiger charge is 2.38. The molecule has 2 nitrogen and oxygen atoms in total. The minimum absolute atomic E-state index is 0.190. The summed E-state index contributed by atoms with van der Waals surface area (Å²) < 4.78 is 15.0. The zero-order valence-electron chi connectivity index (χ0n) is 18.1. The number of carbonyl (C=O) groups is 1. The highest BCUT2D eigenvalue weighted by atomic mass is 79.9. The molecule has 164 valence electrons. The van der Waals surface area contributed by atoms with Gasteiger partial charge in [-0.1, -0.05) is 72.2 Å². The van der Waals surface area contributed by atoms with Crippen LogP contribution < -0.4 is 0 Å². The van der Waals surface area contributed by atoms with Gasteiger partial charge < -0.3 is 4.90 Å². The third kappa shape index (κ3) is 5.36. The summed E-state index contributed by atoms with van der Waals surface area (Å²) in [5.41, 5.74) is 1.91. The van der Waals surface area contributed by atoms with Gasteiger partial charge >= 0.3 is 0 Å². The van der Waals surface area contributed by atoms with E-state index in [-0.39, 0.29) is 11.7 Å². The Kier molecular flexibility index (Phi) is 7.67. The number of benzene rings is 1. The zero-order chi connectivity index (χ0) is 20.9. The molecule has 1 aliphatic heterocycles. The second kappa shape index (κ2) is 10.4. The average Bonchev–Trinajstić information content (AvgIpc) is 2.78. The Hall–Kier alpha value is -1.16. The molecule has 3 aliphatic rings. The van der Waals surface area contributed by atoms with Crippen LogP contribution in [0.3, 0.4) is 0 Å². The topological polar surface area (TPSA) is 20.3 Å². The van der Waals surface area contributed by atoms with E-state index in [1.165, 1.54) is 75.8 Å². The number of carbonyl (C=O) groups excluding carboxylic acids is 1. The Bertz CT molecular complexity index is 736. The maximum absolute atomic E-state index is 14.2. The second-order valence-corrected chi connectivity index (χ2v) is 10.5. The van der Waals surface area contributed by atoms with Crippen LogP contribution in [-0.4, -0.2) is 23.9 Å². The maximum atomic E-state index is 14.2. The number of hydrogen-bond donors (Lipinski definition) is 0. The third-order valence-electron chi connectivity index (χ3n) is 7.64. The van der Waals surface area contributed by atoms with E-state index >= 15 is 0 Å². The van der Waals surface area contributed by atoms with Crippen molar-refractivity contribution >= 4 is 27.9 Å². The molecular formula is C26H35BrFNO. The summed E-state index contributed by atoms with van der Waals surface area (Å²) in [6, 6.07) is 5.23. The van der Waals surface area contributed by atoms with Gasteiger partial charge in [0, 0.05) is 29.0 Å². The number of halogens is 2. The molecule has 0 spiro atoms. The molecule has 1 amide bonds. The van der Waals surface area contributed by atoms with Gasteiger partial charge in [0.1, 0.15) is 5.82 Å². The molecule has 1 saturated heterocycles. The van der Waals surface area contributed by atoms with Crippen LogP contribution in [0.1, 0.15) is 82.6 Å². The summed E-state index contributed by atoms with van der Waals surface area (Å²) in [4.78, 5) is 15.8. The molecule has 1 aromatic carbocycles. The van der Waals surface area contributed by atoms with Crippen molar-refractivity contribution in [1.29, 1.82) is 0 Å². The summed E-state index contributed by atoms with van der Waals surface area (Å²) in [5.74, 6) is 1.69. The smallest absolute Gasteiger partial charge is 0.226 e. The van der Waals surface area contributed by atoms with Gasteiger partial charge in [-0.15, -0.1) is 0 Å². The number of nitrogens with zero attached hydrogens (tertiary/aromatic N) is 1. The molecule has 3 fully saturated rings. The first-order valence-electron chi connectivity index (χ1n) is 12.0. The summed E-state index contributed by atoms with van der Waals surface area (Å²) in [6.07, 6.45) is 16.6. The van der Waals surface area contributed by atoms with Gasteiger partial charge in [-0.3, -0.25) is 4.79 Å². The van der Waals surface area contributed by atoms with E-state index in [0.717, 1.165) is 30.4 Å². The number of amides is 1. The van der Waals surface area contributed by atoms with Crippen molar-refractivity contribution in [3.05, 3.63) is 39.6 Å². The van der Waals surface area contributed by atoms with Crippen LogP contribution in [0.5, 0.6) is 0 Å². The van der Waals surface area contributed by atoms with Gasteiger partial charge in [0.15, 0.2) is 0 Å². The normalized spacial score (nSPS) is 21.8. The first kappa shape index (κ1) is 22.0. The highest BCUT2D eigenvalue weighted by molar-refractivity contribution is 9.10. The van der Waals surface area contributed by atoms with Crippen LogP contribution in [0.15, 0.2) is 28.2 Å². The molecule has 0 radical (unpaired) electrons. The number of rotatable bonds is 4. The van der Waals surface area contributed by atoms with Crippen molar-refractivity contribution in [3.63, 3.8) is 0 Å². The Morgan fingerprint density at radius 3 is 2.07 bits per heavy atom. The molecule has 0 atom stereocenters. The van der Waals surface area contributed by atoms with Crippen molar-refractivity contribution in [1.82, 2.24) is 4.90 Å². The van der Waals surface area contributed by atoms with Crippen molar-refractivity contribution < 1.29 is 9.18 Å². The predicted octanol–water partition coefficient (Wildman–Crippen LogP) is 7.37. The molecular weight excluding hydrogens is 441 g/mol. The fraction of sp³-hybridized carbons (Fsp3) is 0.654. The third-order valence-corrected chi connectivity index (χ3v) is 8.13. The van der Waals surface area contributed by atoms with Gasteiger partial charge in [-0.05, 0) is 62.5 Å². The first-order chi connectivity index (χ1) is 14.6.